The van der Waals surface area contributed by atoms with Gasteiger partial charge in [0.15, 0.2) is 5.65 Å². The van der Waals surface area contributed by atoms with Gasteiger partial charge in [-0.2, -0.15) is 5.26 Å². The van der Waals surface area contributed by atoms with Crippen LogP contribution in [0.2, 0.25) is 0 Å². The highest BCUT2D eigenvalue weighted by atomic mass is 16.5. The third kappa shape index (κ3) is 3.14. The number of hydrogen-bond acceptors (Lipinski definition) is 5. The molecule has 1 fully saturated rings. The minimum atomic E-state index is -0.196. The molecule has 0 bridgehead atoms. The molecule has 1 aliphatic heterocycles. The fourth-order valence-corrected chi connectivity index (χ4v) is 3.15. The number of H-pyrrole nitrogens is 1. The molecule has 3 rings (SSSR count). The molecule has 0 aliphatic carbocycles. The molecule has 1 saturated heterocycles. The molecule has 1 aliphatic rings. The molecule has 1 unspecified atom stereocenters. The number of ether oxygens (including phenoxy) is 1. The fourth-order valence-electron chi connectivity index (χ4n) is 3.15. The fraction of sp³-hybridized carbons (Fsp3) is 0.562. The van der Waals surface area contributed by atoms with Crippen LogP contribution >= 0.6 is 0 Å². The first-order valence-corrected chi connectivity index (χ1v) is 7.88. The summed E-state index contributed by atoms with van der Waals surface area (Å²) in [4.78, 5) is 18.8. The number of nitrogens with zero attached hydrogens (tertiary/aromatic N) is 4. The SMILES string of the molecule is CC(C1CCOCC1)N(C)Cc1cc(=O)n2[nH]cc(C#N)c2n1. The Kier molecular flexibility index (Phi) is 4.46. The van der Waals surface area contributed by atoms with Crippen molar-refractivity contribution in [1.29, 1.82) is 5.26 Å². The molecule has 7 heteroatoms. The molecule has 7 nitrogen and oxygen atoms in total. The molecular weight excluding hydrogens is 294 g/mol. The predicted molar refractivity (Wildman–Crippen MR) is 85.0 cm³/mol. The van der Waals surface area contributed by atoms with E-state index in [9.17, 15) is 4.79 Å². The number of aromatic nitrogens is 3. The molecule has 0 radical (unpaired) electrons. The molecule has 1 atom stereocenters. The van der Waals surface area contributed by atoms with Gasteiger partial charge in [0.05, 0.1) is 5.69 Å². The van der Waals surface area contributed by atoms with Crippen molar-refractivity contribution in [2.45, 2.75) is 32.4 Å². The van der Waals surface area contributed by atoms with Gasteiger partial charge in [0.25, 0.3) is 5.56 Å². The van der Waals surface area contributed by atoms with Gasteiger partial charge in [-0.1, -0.05) is 0 Å². The molecule has 2 aromatic rings. The van der Waals surface area contributed by atoms with Crippen LogP contribution < -0.4 is 5.56 Å². The van der Waals surface area contributed by atoms with Crippen molar-refractivity contribution >= 4 is 5.65 Å². The van der Waals surface area contributed by atoms with Crippen LogP contribution in [0, 0.1) is 17.2 Å². The number of nitriles is 1. The minimum absolute atomic E-state index is 0.196. The van der Waals surface area contributed by atoms with Gasteiger partial charge in [0.2, 0.25) is 0 Å². The predicted octanol–water partition coefficient (Wildman–Crippen LogP) is 1.14. The van der Waals surface area contributed by atoms with Crippen molar-refractivity contribution in [3.63, 3.8) is 0 Å². The number of hydrogen-bond donors (Lipinski definition) is 1. The average molecular weight is 315 g/mol. The van der Waals surface area contributed by atoms with Crippen molar-refractivity contribution < 1.29 is 4.74 Å². The summed E-state index contributed by atoms with van der Waals surface area (Å²) in [5, 5.41) is 11.9. The van der Waals surface area contributed by atoms with Crippen LogP contribution in [0.25, 0.3) is 5.65 Å². The normalized spacial score (nSPS) is 17.5. The number of nitrogens with one attached hydrogen (secondary N) is 1. The average Bonchev–Trinajstić information content (AvgIpc) is 2.98. The quantitative estimate of drug-likeness (QED) is 0.914. The van der Waals surface area contributed by atoms with Crippen molar-refractivity contribution in [3.05, 3.63) is 33.9 Å². The smallest absolute Gasteiger partial charge is 0.272 e. The van der Waals surface area contributed by atoms with E-state index in [1.165, 1.54) is 16.8 Å². The lowest BCUT2D eigenvalue weighted by atomic mass is 9.92. The van der Waals surface area contributed by atoms with Crippen LogP contribution in [0.15, 0.2) is 17.1 Å². The van der Waals surface area contributed by atoms with Crippen molar-refractivity contribution in [1.82, 2.24) is 19.5 Å². The monoisotopic (exact) mass is 315 g/mol. The lowest BCUT2D eigenvalue weighted by Crippen LogP contribution is -2.38. The van der Waals surface area contributed by atoms with E-state index in [1.54, 1.807) is 0 Å². The molecule has 1 N–H and O–H groups in total. The number of aromatic amines is 1. The van der Waals surface area contributed by atoms with Gasteiger partial charge in [0.1, 0.15) is 11.6 Å². The first-order valence-electron chi connectivity index (χ1n) is 7.88. The minimum Gasteiger partial charge on any atom is -0.381 e. The van der Waals surface area contributed by atoms with Gasteiger partial charge in [0, 0.05) is 38.1 Å². The topological polar surface area (TPSA) is 86.4 Å². The summed E-state index contributed by atoms with van der Waals surface area (Å²) in [6.07, 6.45) is 3.63. The van der Waals surface area contributed by atoms with Gasteiger partial charge < -0.3 is 4.74 Å². The highest BCUT2D eigenvalue weighted by molar-refractivity contribution is 5.53. The van der Waals surface area contributed by atoms with Crippen molar-refractivity contribution in [2.24, 2.45) is 5.92 Å². The van der Waals surface area contributed by atoms with Crippen molar-refractivity contribution in [3.8, 4) is 6.07 Å². The molecule has 0 spiro atoms. The maximum atomic E-state index is 12.1. The van der Waals surface area contributed by atoms with Crippen LogP contribution in [0.1, 0.15) is 31.0 Å². The van der Waals surface area contributed by atoms with E-state index in [2.05, 4.69) is 28.0 Å². The summed E-state index contributed by atoms with van der Waals surface area (Å²) in [6.45, 7) is 4.44. The van der Waals surface area contributed by atoms with E-state index < -0.39 is 0 Å². The highest BCUT2D eigenvalue weighted by Gasteiger charge is 2.24. The Morgan fingerprint density at radius 3 is 3.00 bits per heavy atom. The Morgan fingerprint density at radius 2 is 2.30 bits per heavy atom. The molecule has 0 saturated carbocycles. The molecule has 23 heavy (non-hydrogen) atoms. The maximum Gasteiger partial charge on any atom is 0.272 e. The Balaban J connectivity index is 1.80. The van der Waals surface area contributed by atoms with Crippen LogP contribution in [0.5, 0.6) is 0 Å². The van der Waals surface area contributed by atoms with Gasteiger partial charge in [-0.3, -0.25) is 14.8 Å². The second kappa shape index (κ2) is 6.52. The van der Waals surface area contributed by atoms with E-state index in [1.807, 2.05) is 7.05 Å². The summed E-state index contributed by atoms with van der Waals surface area (Å²) >= 11 is 0. The largest absolute Gasteiger partial charge is 0.381 e. The van der Waals surface area contributed by atoms with Gasteiger partial charge >= 0.3 is 0 Å². The molecular formula is C16H21N5O2. The Labute approximate surface area is 134 Å². The van der Waals surface area contributed by atoms with Crippen LogP contribution in [-0.4, -0.2) is 45.8 Å². The Bertz CT molecular complexity index is 782. The van der Waals surface area contributed by atoms with E-state index in [-0.39, 0.29) is 5.56 Å². The molecule has 0 aromatic carbocycles. The summed E-state index contributed by atoms with van der Waals surface area (Å²) < 4.78 is 6.72. The lowest BCUT2D eigenvalue weighted by Gasteiger charge is -2.34. The zero-order valence-electron chi connectivity index (χ0n) is 13.5. The lowest BCUT2D eigenvalue weighted by molar-refractivity contribution is 0.0343. The molecule has 2 aromatic heterocycles. The number of fused-ring (bicyclic) bond motifs is 1. The van der Waals surface area contributed by atoms with E-state index in [0.29, 0.717) is 35.4 Å². The van der Waals surface area contributed by atoms with E-state index in [0.717, 1.165) is 26.1 Å². The zero-order valence-corrected chi connectivity index (χ0v) is 13.5. The second-order valence-electron chi connectivity index (χ2n) is 6.15. The first kappa shape index (κ1) is 15.7. The van der Waals surface area contributed by atoms with Gasteiger partial charge in [-0.15, -0.1) is 0 Å². The van der Waals surface area contributed by atoms with Gasteiger partial charge in [-0.05, 0) is 32.7 Å². The zero-order chi connectivity index (χ0) is 16.4. The summed E-state index contributed by atoms with van der Waals surface area (Å²) in [7, 11) is 2.05. The summed E-state index contributed by atoms with van der Waals surface area (Å²) in [6, 6.07) is 3.97. The molecule has 122 valence electrons. The standard InChI is InChI=1S/C16H21N5O2/c1-11(12-3-5-23-6-4-12)20(2)10-14-7-15(22)21-16(19-14)13(8-17)9-18-21/h7,9,11-12,18H,3-6,10H2,1-2H3. The highest BCUT2D eigenvalue weighted by Crippen LogP contribution is 2.22. The van der Waals surface area contributed by atoms with Crippen LogP contribution in [0.4, 0.5) is 0 Å². The molecule has 3 heterocycles. The first-order chi connectivity index (χ1) is 11.1. The summed E-state index contributed by atoms with van der Waals surface area (Å²) in [5.74, 6) is 0.598. The van der Waals surface area contributed by atoms with E-state index in [4.69, 9.17) is 10.00 Å². The van der Waals surface area contributed by atoms with Crippen LogP contribution in [0.3, 0.4) is 0 Å². The van der Waals surface area contributed by atoms with Crippen LogP contribution in [-0.2, 0) is 11.3 Å². The summed E-state index contributed by atoms with van der Waals surface area (Å²) in [5.41, 5.74) is 1.26. The Morgan fingerprint density at radius 1 is 1.57 bits per heavy atom. The van der Waals surface area contributed by atoms with Crippen molar-refractivity contribution in [2.75, 3.05) is 20.3 Å². The van der Waals surface area contributed by atoms with E-state index >= 15 is 0 Å². The number of rotatable bonds is 4. The Hall–Kier alpha value is -2.17. The second-order valence-corrected chi connectivity index (χ2v) is 6.15. The third-order valence-electron chi connectivity index (χ3n) is 4.73. The maximum absolute atomic E-state index is 12.1. The third-order valence-corrected chi connectivity index (χ3v) is 4.73. The molecule has 0 amide bonds. The van der Waals surface area contributed by atoms with Gasteiger partial charge in [-0.25, -0.2) is 9.50 Å².